The van der Waals surface area contributed by atoms with Crippen molar-refractivity contribution in [2.24, 2.45) is 0 Å². The number of benzene rings is 2. The second kappa shape index (κ2) is 9.97. The number of carbonyl (C=O) groups excluding carboxylic acids is 2. The third-order valence-electron chi connectivity index (χ3n) is 5.10. The van der Waals surface area contributed by atoms with Crippen molar-refractivity contribution in [1.29, 1.82) is 0 Å². The highest BCUT2D eigenvalue weighted by Gasteiger charge is 2.18. The molecule has 0 unspecified atom stereocenters. The highest BCUT2D eigenvalue weighted by Crippen LogP contribution is 2.32. The number of anilines is 4. The zero-order valence-electron chi connectivity index (χ0n) is 17.6. The van der Waals surface area contributed by atoms with Gasteiger partial charge in [0, 0.05) is 36.5 Å². The van der Waals surface area contributed by atoms with Gasteiger partial charge in [0.25, 0.3) is 0 Å². The monoisotopic (exact) mass is 466 g/mol. The van der Waals surface area contributed by atoms with Gasteiger partial charge in [0.05, 0.1) is 22.8 Å². The van der Waals surface area contributed by atoms with E-state index in [1.54, 1.807) is 17.0 Å². The topological polar surface area (TPSA) is 65.5 Å². The molecule has 1 fully saturated rings. The Hall–Kier alpha value is -3.16. The van der Waals surface area contributed by atoms with Crippen molar-refractivity contribution in [1.82, 2.24) is 4.98 Å². The molecule has 0 spiro atoms. The number of hydrogen-bond acceptors (Lipinski definition) is 5. The minimum absolute atomic E-state index is 0.130. The van der Waals surface area contributed by atoms with E-state index >= 15 is 0 Å². The third-order valence-corrected chi connectivity index (χ3v) is 6.18. The standard InChI is InChI=1S/C24H23ClN4O2S/c1-17(30)29(20-7-3-2-4-8-20)24-26-19(16-32-24)10-12-23(31)27-21-15-18(25)9-11-22(21)28-13-5-6-14-28/h2-4,7-12,15-16H,5-6,13-14H2,1H3,(H,27,31)/b12-10+. The number of carbonyl (C=O) groups is 2. The lowest BCUT2D eigenvalue weighted by Crippen LogP contribution is -2.22. The third kappa shape index (κ3) is 5.18. The summed E-state index contributed by atoms with van der Waals surface area (Å²) >= 11 is 7.50. The molecule has 0 bridgehead atoms. The van der Waals surface area contributed by atoms with Crippen molar-refractivity contribution in [2.45, 2.75) is 19.8 Å². The molecule has 1 aliphatic heterocycles. The lowest BCUT2D eigenvalue weighted by atomic mass is 10.2. The molecule has 1 aromatic heterocycles. The molecule has 2 heterocycles. The number of nitrogens with zero attached hydrogens (tertiary/aromatic N) is 3. The van der Waals surface area contributed by atoms with Gasteiger partial charge in [-0.3, -0.25) is 14.5 Å². The SMILES string of the molecule is CC(=O)N(c1ccccc1)c1nc(/C=C/C(=O)Nc2cc(Cl)ccc2N2CCCC2)cs1. The zero-order valence-corrected chi connectivity index (χ0v) is 19.2. The van der Waals surface area contributed by atoms with Crippen LogP contribution >= 0.6 is 22.9 Å². The van der Waals surface area contributed by atoms with Crippen LogP contribution in [0, 0.1) is 0 Å². The van der Waals surface area contributed by atoms with Crippen molar-refractivity contribution < 1.29 is 9.59 Å². The summed E-state index contributed by atoms with van der Waals surface area (Å²) in [5.74, 6) is -0.400. The smallest absolute Gasteiger partial charge is 0.248 e. The summed E-state index contributed by atoms with van der Waals surface area (Å²) in [5, 5.41) is 5.87. The molecule has 2 amide bonds. The number of thiazole rings is 1. The molecule has 0 aliphatic carbocycles. The number of aromatic nitrogens is 1. The quantitative estimate of drug-likeness (QED) is 0.471. The highest BCUT2D eigenvalue weighted by atomic mass is 35.5. The van der Waals surface area contributed by atoms with Gasteiger partial charge in [-0.2, -0.15) is 0 Å². The van der Waals surface area contributed by atoms with Crippen LogP contribution in [0.5, 0.6) is 0 Å². The zero-order chi connectivity index (χ0) is 22.5. The average molecular weight is 467 g/mol. The summed E-state index contributed by atoms with van der Waals surface area (Å²) < 4.78 is 0. The first kappa shape index (κ1) is 22.0. The summed E-state index contributed by atoms with van der Waals surface area (Å²) in [5.41, 5.74) is 3.02. The molecule has 164 valence electrons. The average Bonchev–Trinajstić information content (AvgIpc) is 3.46. The second-order valence-electron chi connectivity index (χ2n) is 7.42. The van der Waals surface area contributed by atoms with E-state index in [9.17, 15) is 9.59 Å². The molecule has 1 aliphatic rings. The molecule has 4 rings (SSSR count). The summed E-state index contributed by atoms with van der Waals surface area (Å²) in [6.45, 7) is 3.44. The second-order valence-corrected chi connectivity index (χ2v) is 8.70. The van der Waals surface area contributed by atoms with Crippen LogP contribution < -0.4 is 15.1 Å². The van der Waals surface area contributed by atoms with E-state index in [1.165, 1.54) is 24.3 Å². The van der Waals surface area contributed by atoms with Crippen LogP contribution in [0.1, 0.15) is 25.5 Å². The molecule has 2 aromatic carbocycles. The van der Waals surface area contributed by atoms with Gasteiger partial charge in [0.15, 0.2) is 5.13 Å². The number of hydrogen-bond donors (Lipinski definition) is 1. The summed E-state index contributed by atoms with van der Waals surface area (Å²) in [4.78, 5) is 33.1. The molecule has 32 heavy (non-hydrogen) atoms. The first-order valence-electron chi connectivity index (χ1n) is 10.4. The predicted octanol–water partition coefficient (Wildman–Crippen LogP) is 5.73. The fourth-order valence-corrected chi connectivity index (χ4v) is 4.66. The van der Waals surface area contributed by atoms with Gasteiger partial charge in [-0.15, -0.1) is 11.3 Å². The van der Waals surface area contributed by atoms with Crippen LogP contribution in [0.2, 0.25) is 5.02 Å². The Morgan fingerprint density at radius 3 is 2.62 bits per heavy atom. The Morgan fingerprint density at radius 1 is 1.16 bits per heavy atom. The largest absolute Gasteiger partial charge is 0.370 e. The van der Waals surface area contributed by atoms with Gasteiger partial charge in [-0.05, 0) is 49.2 Å². The Bertz CT molecular complexity index is 1140. The molecule has 3 aromatic rings. The van der Waals surface area contributed by atoms with Crippen molar-refractivity contribution in [3.63, 3.8) is 0 Å². The first-order chi connectivity index (χ1) is 15.5. The minimum atomic E-state index is -0.270. The van der Waals surface area contributed by atoms with Gasteiger partial charge >= 0.3 is 0 Å². The number of amides is 2. The van der Waals surface area contributed by atoms with Crippen LogP contribution in [0.3, 0.4) is 0 Å². The molecule has 6 nitrogen and oxygen atoms in total. The molecule has 0 saturated carbocycles. The summed E-state index contributed by atoms with van der Waals surface area (Å²) in [6, 6.07) is 14.9. The molecule has 1 N–H and O–H groups in total. The van der Waals surface area contributed by atoms with E-state index in [4.69, 9.17) is 11.6 Å². The van der Waals surface area contributed by atoms with Crippen LogP contribution in [0.25, 0.3) is 6.08 Å². The normalized spacial score (nSPS) is 13.5. The van der Waals surface area contributed by atoms with Crippen molar-refractivity contribution >= 4 is 63.0 Å². The number of rotatable bonds is 6. The van der Waals surface area contributed by atoms with Crippen LogP contribution in [0.15, 0.2) is 60.0 Å². The van der Waals surface area contributed by atoms with Gasteiger partial charge in [-0.1, -0.05) is 29.8 Å². The van der Waals surface area contributed by atoms with E-state index in [2.05, 4.69) is 15.2 Å². The molecule has 0 radical (unpaired) electrons. The van der Waals surface area contributed by atoms with Crippen LogP contribution in [0.4, 0.5) is 22.2 Å². The molecule has 8 heteroatoms. The fraction of sp³-hybridized carbons (Fsp3) is 0.208. The Labute approximate surface area is 196 Å². The summed E-state index contributed by atoms with van der Waals surface area (Å²) in [7, 11) is 0. The predicted molar refractivity (Wildman–Crippen MR) is 132 cm³/mol. The Kier molecular flexibility index (Phi) is 6.87. The highest BCUT2D eigenvalue weighted by molar-refractivity contribution is 7.14. The maximum Gasteiger partial charge on any atom is 0.248 e. The Balaban J connectivity index is 1.48. The Morgan fingerprint density at radius 2 is 1.91 bits per heavy atom. The van der Waals surface area contributed by atoms with E-state index < -0.39 is 0 Å². The van der Waals surface area contributed by atoms with E-state index in [0.29, 0.717) is 21.5 Å². The molecule has 0 atom stereocenters. The van der Waals surface area contributed by atoms with E-state index in [-0.39, 0.29) is 11.8 Å². The lowest BCUT2D eigenvalue weighted by Gasteiger charge is -2.21. The van der Waals surface area contributed by atoms with Crippen LogP contribution in [-0.4, -0.2) is 29.9 Å². The number of nitrogens with one attached hydrogen (secondary N) is 1. The maximum atomic E-state index is 12.6. The van der Waals surface area contributed by atoms with Gasteiger partial charge in [0.1, 0.15) is 0 Å². The van der Waals surface area contributed by atoms with Crippen molar-refractivity contribution in [3.05, 3.63) is 70.7 Å². The van der Waals surface area contributed by atoms with E-state index in [0.717, 1.165) is 37.3 Å². The first-order valence-corrected chi connectivity index (χ1v) is 11.6. The van der Waals surface area contributed by atoms with Crippen molar-refractivity contribution in [2.75, 3.05) is 28.2 Å². The minimum Gasteiger partial charge on any atom is -0.370 e. The van der Waals surface area contributed by atoms with Crippen LogP contribution in [-0.2, 0) is 9.59 Å². The van der Waals surface area contributed by atoms with Crippen molar-refractivity contribution in [3.8, 4) is 0 Å². The molecule has 1 saturated heterocycles. The molecular formula is C24H23ClN4O2S. The van der Waals surface area contributed by atoms with Gasteiger partial charge in [0.2, 0.25) is 11.8 Å². The summed E-state index contributed by atoms with van der Waals surface area (Å²) in [6.07, 6.45) is 5.36. The van der Waals surface area contributed by atoms with E-state index in [1.807, 2.05) is 47.8 Å². The number of para-hydroxylation sites is 1. The van der Waals surface area contributed by atoms with Gasteiger partial charge < -0.3 is 10.2 Å². The number of halogens is 1. The fourth-order valence-electron chi connectivity index (χ4n) is 3.64. The maximum absolute atomic E-state index is 12.6. The lowest BCUT2D eigenvalue weighted by molar-refractivity contribution is -0.116. The van der Waals surface area contributed by atoms with Gasteiger partial charge in [-0.25, -0.2) is 4.98 Å². The molecular weight excluding hydrogens is 444 g/mol.